The largest absolute Gasteiger partial charge is 0.383 e. The van der Waals surface area contributed by atoms with Gasteiger partial charge >= 0.3 is 0 Å². The second kappa shape index (κ2) is 8.25. The number of ether oxygens (including phenoxy) is 1. The molecule has 5 nitrogen and oxygen atoms in total. The topological polar surface area (TPSA) is 66.0 Å². The summed E-state index contributed by atoms with van der Waals surface area (Å²) in [6.07, 6.45) is 1.65. The third-order valence-electron chi connectivity index (χ3n) is 1.41. The Labute approximate surface area is 89.5 Å². The monoisotopic (exact) mass is 228 g/mol. The molecule has 1 heterocycles. The van der Waals surface area contributed by atoms with Crippen LogP contribution < -0.4 is 5.73 Å². The highest BCUT2D eigenvalue weighted by Crippen LogP contribution is 1.92. The molecule has 0 amide bonds. The lowest BCUT2D eigenvalue weighted by molar-refractivity contribution is 0.186. The van der Waals surface area contributed by atoms with Crippen molar-refractivity contribution in [3.8, 4) is 0 Å². The fourth-order valence-corrected chi connectivity index (χ4v) is 0.813. The fourth-order valence-electron chi connectivity index (χ4n) is 0.813. The Bertz CT molecular complexity index is 218. The average molecular weight is 229 g/mol. The molecule has 13 heavy (non-hydrogen) atoms. The van der Waals surface area contributed by atoms with Gasteiger partial charge in [0.05, 0.1) is 13.2 Å². The van der Waals surface area contributed by atoms with Gasteiger partial charge in [0, 0.05) is 13.7 Å². The number of aromatic nitrogens is 3. The summed E-state index contributed by atoms with van der Waals surface area (Å²) in [6.45, 7) is 1.84. The molecule has 0 fully saturated rings. The minimum atomic E-state index is 0. The summed E-state index contributed by atoms with van der Waals surface area (Å²) in [4.78, 5) is 0. The van der Waals surface area contributed by atoms with Gasteiger partial charge in [0.25, 0.3) is 0 Å². The minimum absolute atomic E-state index is 0. The van der Waals surface area contributed by atoms with Crippen molar-refractivity contribution in [1.82, 2.24) is 14.8 Å². The summed E-state index contributed by atoms with van der Waals surface area (Å²) >= 11 is 0. The standard InChI is InChI=1S/C6H12N4O.2ClH/c1-11-3-2-10-5-8-9-6(10)4-7;;/h5H,2-4,7H2,1H3;2*1H. The van der Waals surface area contributed by atoms with Crippen LogP contribution in [0.1, 0.15) is 5.82 Å². The first-order valence-corrected chi connectivity index (χ1v) is 3.44. The summed E-state index contributed by atoms with van der Waals surface area (Å²) in [5, 5.41) is 7.54. The number of hydrogen-bond donors (Lipinski definition) is 1. The highest BCUT2D eigenvalue weighted by molar-refractivity contribution is 5.85. The molecule has 0 saturated heterocycles. The van der Waals surface area contributed by atoms with Gasteiger partial charge in [-0.1, -0.05) is 0 Å². The molecule has 0 aliphatic rings. The van der Waals surface area contributed by atoms with E-state index in [9.17, 15) is 0 Å². The first-order valence-electron chi connectivity index (χ1n) is 3.44. The Balaban J connectivity index is 0. The molecule has 0 bridgehead atoms. The summed E-state index contributed by atoms with van der Waals surface area (Å²) in [5.74, 6) is 0.794. The van der Waals surface area contributed by atoms with Crippen LogP contribution in [0, 0.1) is 0 Å². The molecule has 1 aromatic rings. The Morgan fingerprint density at radius 3 is 2.77 bits per heavy atom. The van der Waals surface area contributed by atoms with Crippen LogP contribution in [0.3, 0.4) is 0 Å². The molecule has 7 heteroatoms. The first kappa shape index (κ1) is 15.1. The van der Waals surface area contributed by atoms with Gasteiger partial charge in [-0.05, 0) is 0 Å². The zero-order valence-electron chi connectivity index (χ0n) is 7.34. The Morgan fingerprint density at radius 1 is 1.54 bits per heavy atom. The number of halogens is 2. The SMILES string of the molecule is COCCn1cnnc1CN.Cl.Cl. The van der Waals surface area contributed by atoms with Gasteiger partial charge < -0.3 is 15.0 Å². The van der Waals surface area contributed by atoms with Gasteiger partial charge in [-0.25, -0.2) is 0 Å². The van der Waals surface area contributed by atoms with Crippen molar-refractivity contribution in [3.05, 3.63) is 12.2 Å². The predicted octanol–water partition coefficient (Wildman–Crippen LogP) is 0.227. The zero-order valence-corrected chi connectivity index (χ0v) is 8.98. The van der Waals surface area contributed by atoms with E-state index in [4.69, 9.17) is 10.5 Å². The maximum atomic E-state index is 5.40. The van der Waals surface area contributed by atoms with Crippen LogP contribution in [0.25, 0.3) is 0 Å². The first-order chi connectivity index (χ1) is 5.38. The summed E-state index contributed by atoms with van der Waals surface area (Å²) in [5.41, 5.74) is 5.40. The van der Waals surface area contributed by atoms with Gasteiger partial charge in [-0.2, -0.15) is 0 Å². The summed E-state index contributed by atoms with van der Waals surface area (Å²) < 4.78 is 6.78. The van der Waals surface area contributed by atoms with Crippen LogP contribution in [0.15, 0.2) is 6.33 Å². The van der Waals surface area contributed by atoms with Crippen molar-refractivity contribution in [2.45, 2.75) is 13.1 Å². The molecule has 1 rings (SSSR count). The maximum absolute atomic E-state index is 5.40. The molecule has 78 valence electrons. The van der Waals surface area contributed by atoms with Crippen molar-refractivity contribution in [1.29, 1.82) is 0 Å². The van der Waals surface area contributed by atoms with E-state index in [1.54, 1.807) is 13.4 Å². The molecule has 0 unspecified atom stereocenters. The zero-order chi connectivity index (χ0) is 8.10. The lowest BCUT2D eigenvalue weighted by atomic mass is 10.5. The van der Waals surface area contributed by atoms with E-state index in [-0.39, 0.29) is 24.8 Å². The van der Waals surface area contributed by atoms with Crippen LogP contribution in [-0.4, -0.2) is 28.5 Å². The van der Waals surface area contributed by atoms with Crippen molar-refractivity contribution >= 4 is 24.8 Å². The summed E-state index contributed by atoms with van der Waals surface area (Å²) in [6, 6.07) is 0. The van der Waals surface area contributed by atoms with Crippen LogP contribution in [0.4, 0.5) is 0 Å². The molecule has 0 spiro atoms. The van der Waals surface area contributed by atoms with Crippen LogP contribution in [0.5, 0.6) is 0 Å². The highest BCUT2D eigenvalue weighted by Gasteiger charge is 1.99. The lowest BCUT2D eigenvalue weighted by Crippen LogP contribution is -2.10. The molecule has 0 aliphatic carbocycles. The lowest BCUT2D eigenvalue weighted by Gasteiger charge is -2.02. The van der Waals surface area contributed by atoms with E-state index in [0.717, 1.165) is 12.4 Å². The maximum Gasteiger partial charge on any atom is 0.146 e. The van der Waals surface area contributed by atoms with Crippen molar-refractivity contribution in [3.63, 3.8) is 0 Å². The molecular weight excluding hydrogens is 215 g/mol. The fraction of sp³-hybridized carbons (Fsp3) is 0.667. The predicted molar refractivity (Wildman–Crippen MR) is 54.3 cm³/mol. The van der Waals surface area contributed by atoms with Gasteiger partial charge in [-0.15, -0.1) is 35.0 Å². The minimum Gasteiger partial charge on any atom is -0.383 e. The molecule has 0 radical (unpaired) electrons. The molecular formula is C6H14Cl2N4O. The average Bonchev–Trinajstić information content (AvgIpc) is 2.47. The van der Waals surface area contributed by atoms with E-state index in [0.29, 0.717) is 13.2 Å². The van der Waals surface area contributed by atoms with Crippen LogP contribution in [0.2, 0.25) is 0 Å². The van der Waals surface area contributed by atoms with E-state index < -0.39 is 0 Å². The van der Waals surface area contributed by atoms with Crippen LogP contribution in [-0.2, 0) is 17.8 Å². The molecule has 0 aromatic carbocycles. The Hall–Kier alpha value is -0.360. The van der Waals surface area contributed by atoms with Crippen LogP contribution >= 0.6 is 24.8 Å². The Kier molecular flexibility index (Phi) is 9.60. The van der Waals surface area contributed by atoms with E-state index in [1.807, 2.05) is 4.57 Å². The van der Waals surface area contributed by atoms with E-state index >= 15 is 0 Å². The van der Waals surface area contributed by atoms with Gasteiger partial charge in [0.2, 0.25) is 0 Å². The molecule has 2 N–H and O–H groups in total. The normalized spacial score (nSPS) is 8.77. The number of nitrogens with zero attached hydrogens (tertiary/aromatic N) is 3. The van der Waals surface area contributed by atoms with E-state index in [1.165, 1.54) is 0 Å². The van der Waals surface area contributed by atoms with Crippen molar-refractivity contribution in [2.75, 3.05) is 13.7 Å². The van der Waals surface area contributed by atoms with Crippen molar-refractivity contribution < 1.29 is 4.74 Å². The summed E-state index contributed by atoms with van der Waals surface area (Å²) in [7, 11) is 1.66. The number of hydrogen-bond acceptors (Lipinski definition) is 4. The molecule has 0 aliphatic heterocycles. The van der Waals surface area contributed by atoms with Gasteiger partial charge in [0.15, 0.2) is 0 Å². The third-order valence-corrected chi connectivity index (χ3v) is 1.41. The smallest absolute Gasteiger partial charge is 0.146 e. The quantitative estimate of drug-likeness (QED) is 0.802. The molecule has 0 saturated carbocycles. The third kappa shape index (κ3) is 4.42. The molecule has 0 atom stereocenters. The van der Waals surface area contributed by atoms with Gasteiger partial charge in [-0.3, -0.25) is 0 Å². The highest BCUT2D eigenvalue weighted by atomic mass is 35.5. The second-order valence-corrected chi connectivity index (χ2v) is 2.14. The number of rotatable bonds is 4. The Morgan fingerprint density at radius 2 is 2.23 bits per heavy atom. The number of nitrogens with two attached hydrogens (primary N) is 1. The number of methoxy groups -OCH3 is 1. The van der Waals surface area contributed by atoms with Gasteiger partial charge in [0.1, 0.15) is 12.2 Å². The van der Waals surface area contributed by atoms with Crippen molar-refractivity contribution in [2.24, 2.45) is 5.73 Å². The second-order valence-electron chi connectivity index (χ2n) is 2.14. The van der Waals surface area contributed by atoms with E-state index in [2.05, 4.69) is 10.2 Å². The molecule has 1 aromatic heterocycles.